The number of hydrogen-bond donors (Lipinski definition) is 0. The molecule has 0 fully saturated rings. The Labute approximate surface area is 241 Å². The molecule has 0 unspecified atom stereocenters. The maximum absolute atomic E-state index is 12.3. The molecule has 1 heterocycles. The second-order valence-electron chi connectivity index (χ2n) is 10.7. The Kier molecular flexibility index (Phi) is 14.9. The fraction of sp³-hybridized carbons (Fsp3) is 0.514. The van der Waals surface area contributed by atoms with E-state index in [0.717, 1.165) is 42.0 Å². The van der Waals surface area contributed by atoms with Crippen LogP contribution >= 0.6 is 0 Å². The third-order valence-corrected chi connectivity index (χ3v) is 7.21. The van der Waals surface area contributed by atoms with Gasteiger partial charge in [-0.3, -0.25) is 0 Å². The van der Waals surface area contributed by atoms with Gasteiger partial charge in [-0.05, 0) is 66.8 Å². The maximum atomic E-state index is 12.3. The lowest BCUT2D eigenvalue weighted by Gasteiger charge is -2.09. The molecule has 5 nitrogen and oxygen atoms in total. The van der Waals surface area contributed by atoms with Gasteiger partial charge in [0.1, 0.15) is 12.4 Å². The summed E-state index contributed by atoms with van der Waals surface area (Å²) in [6.07, 6.45) is 21.2. The minimum Gasteiger partial charge on any atom is -0.489 e. The average molecular weight is 545 g/mol. The van der Waals surface area contributed by atoms with Crippen molar-refractivity contribution >= 4 is 5.97 Å². The maximum Gasteiger partial charge on any atom is 0.338 e. The summed E-state index contributed by atoms with van der Waals surface area (Å²) >= 11 is 0. The van der Waals surface area contributed by atoms with Crippen molar-refractivity contribution < 1.29 is 14.3 Å². The summed E-state index contributed by atoms with van der Waals surface area (Å²) < 4.78 is 11.4. The van der Waals surface area contributed by atoms with E-state index in [0.29, 0.717) is 18.8 Å². The molecule has 0 aliphatic carbocycles. The van der Waals surface area contributed by atoms with Gasteiger partial charge in [0.15, 0.2) is 5.82 Å². The summed E-state index contributed by atoms with van der Waals surface area (Å²) in [5.74, 6) is 1.25. The predicted octanol–water partition coefficient (Wildman–Crippen LogP) is 9.53. The lowest BCUT2D eigenvalue weighted by Crippen LogP contribution is -2.06. The van der Waals surface area contributed by atoms with Crippen LogP contribution in [0.5, 0.6) is 5.75 Å². The summed E-state index contributed by atoms with van der Waals surface area (Å²) in [7, 11) is 0. The number of carbonyl (C=O) groups excluding carboxylic acids is 1. The molecule has 0 saturated heterocycles. The van der Waals surface area contributed by atoms with Crippen molar-refractivity contribution in [1.82, 2.24) is 9.97 Å². The molecular formula is C35H48N2O3. The van der Waals surface area contributed by atoms with Crippen LogP contribution < -0.4 is 4.74 Å². The van der Waals surface area contributed by atoms with Crippen LogP contribution in [0.25, 0.3) is 11.4 Å². The summed E-state index contributed by atoms with van der Waals surface area (Å²) in [4.78, 5) is 21.4. The minimum absolute atomic E-state index is 0.260. The summed E-state index contributed by atoms with van der Waals surface area (Å²) in [5.41, 5.74) is 3.75. The highest BCUT2D eigenvalue weighted by Gasteiger charge is 2.08. The topological polar surface area (TPSA) is 61.3 Å². The van der Waals surface area contributed by atoms with Crippen molar-refractivity contribution in [2.75, 3.05) is 6.61 Å². The first-order valence-electron chi connectivity index (χ1n) is 15.5. The van der Waals surface area contributed by atoms with Gasteiger partial charge < -0.3 is 9.47 Å². The fourth-order valence-electron chi connectivity index (χ4n) is 4.65. The molecule has 1 aromatic heterocycles. The number of hydrogen-bond acceptors (Lipinski definition) is 5. The van der Waals surface area contributed by atoms with E-state index in [1.165, 1.54) is 76.2 Å². The first-order valence-corrected chi connectivity index (χ1v) is 15.5. The molecule has 40 heavy (non-hydrogen) atoms. The van der Waals surface area contributed by atoms with Gasteiger partial charge in [-0.1, -0.05) is 96.6 Å². The second kappa shape index (κ2) is 19.0. The third-order valence-electron chi connectivity index (χ3n) is 7.21. The Bertz CT molecular complexity index is 1080. The van der Waals surface area contributed by atoms with Gasteiger partial charge in [0.2, 0.25) is 0 Å². The van der Waals surface area contributed by atoms with Crippen molar-refractivity contribution in [3.05, 3.63) is 77.6 Å². The van der Waals surface area contributed by atoms with Crippen LogP contribution in [0.15, 0.2) is 60.9 Å². The monoisotopic (exact) mass is 544 g/mol. The minimum atomic E-state index is -0.260. The van der Waals surface area contributed by atoms with E-state index in [9.17, 15) is 4.79 Å². The van der Waals surface area contributed by atoms with Crippen LogP contribution in [0, 0.1) is 0 Å². The summed E-state index contributed by atoms with van der Waals surface area (Å²) in [6.45, 7) is 5.38. The highest BCUT2D eigenvalue weighted by molar-refractivity contribution is 5.89. The molecule has 0 N–H and O–H groups in total. The standard InChI is InChI=1S/C35H48N2O3/c1-3-5-7-9-11-12-14-16-30-26-36-34(37-27-30)31-21-23-33(24-22-31)40-28-29-17-19-32(20-18-29)35(38)39-25-15-13-10-8-6-4-2/h17-24,26-27H,3-16,25,28H2,1-2H3. The van der Waals surface area contributed by atoms with Crippen molar-refractivity contribution in [2.24, 2.45) is 0 Å². The highest BCUT2D eigenvalue weighted by atomic mass is 16.5. The Balaban J connectivity index is 1.36. The van der Waals surface area contributed by atoms with Gasteiger partial charge in [0, 0.05) is 18.0 Å². The van der Waals surface area contributed by atoms with Crippen LogP contribution in [0.3, 0.4) is 0 Å². The molecule has 2 aromatic carbocycles. The number of rotatable bonds is 20. The predicted molar refractivity (Wildman–Crippen MR) is 164 cm³/mol. The number of aryl methyl sites for hydroxylation is 1. The summed E-state index contributed by atoms with van der Waals surface area (Å²) in [5, 5.41) is 0. The Morgan fingerprint density at radius 1 is 0.650 bits per heavy atom. The van der Waals surface area contributed by atoms with E-state index >= 15 is 0 Å². The molecule has 0 aliphatic rings. The van der Waals surface area contributed by atoms with Gasteiger partial charge in [-0.25, -0.2) is 14.8 Å². The van der Waals surface area contributed by atoms with Gasteiger partial charge in [-0.2, -0.15) is 0 Å². The van der Waals surface area contributed by atoms with E-state index in [1.807, 2.05) is 48.8 Å². The van der Waals surface area contributed by atoms with E-state index in [-0.39, 0.29) is 5.97 Å². The number of ether oxygens (including phenoxy) is 2. The Morgan fingerprint density at radius 3 is 1.85 bits per heavy atom. The summed E-state index contributed by atoms with van der Waals surface area (Å²) in [6, 6.07) is 15.3. The molecule has 0 bridgehead atoms. The SMILES string of the molecule is CCCCCCCCCc1cnc(-c2ccc(OCc3ccc(C(=O)OCCCCCCCC)cc3)cc2)nc1. The quantitative estimate of drug-likeness (QED) is 0.105. The van der Waals surface area contributed by atoms with Crippen LogP contribution in [0.2, 0.25) is 0 Å². The fourth-order valence-corrected chi connectivity index (χ4v) is 4.65. The second-order valence-corrected chi connectivity index (χ2v) is 10.7. The van der Waals surface area contributed by atoms with E-state index in [4.69, 9.17) is 9.47 Å². The van der Waals surface area contributed by atoms with E-state index in [1.54, 1.807) is 12.1 Å². The molecule has 3 rings (SSSR count). The zero-order valence-corrected chi connectivity index (χ0v) is 24.7. The average Bonchev–Trinajstić information content (AvgIpc) is 3.00. The molecule has 0 amide bonds. The first-order chi connectivity index (χ1) is 19.7. The van der Waals surface area contributed by atoms with Crippen molar-refractivity contribution in [1.29, 1.82) is 0 Å². The largest absolute Gasteiger partial charge is 0.489 e. The van der Waals surface area contributed by atoms with Gasteiger partial charge in [-0.15, -0.1) is 0 Å². The van der Waals surface area contributed by atoms with Gasteiger partial charge in [0.25, 0.3) is 0 Å². The molecule has 216 valence electrons. The van der Waals surface area contributed by atoms with Crippen molar-refractivity contribution in [3.63, 3.8) is 0 Å². The number of carbonyl (C=O) groups is 1. The van der Waals surface area contributed by atoms with E-state index in [2.05, 4.69) is 23.8 Å². The molecule has 0 aliphatic heterocycles. The van der Waals surface area contributed by atoms with Crippen molar-refractivity contribution in [2.45, 2.75) is 110 Å². The number of aromatic nitrogens is 2. The van der Waals surface area contributed by atoms with Crippen LogP contribution in [0.4, 0.5) is 0 Å². The molecule has 3 aromatic rings. The lowest BCUT2D eigenvalue weighted by atomic mass is 10.1. The third kappa shape index (κ3) is 11.9. The molecule has 0 spiro atoms. The normalized spacial score (nSPS) is 10.9. The highest BCUT2D eigenvalue weighted by Crippen LogP contribution is 2.21. The molecule has 0 atom stereocenters. The van der Waals surface area contributed by atoms with Gasteiger partial charge >= 0.3 is 5.97 Å². The molecule has 0 radical (unpaired) electrons. The van der Waals surface area contributed by atoms with Crippen LogP contribution in [0.1, 0.15) is 119 Å². The van der Waals surface area contributed by atoms with Gasteiger partial charge in [0.05, 0.1) is 12.2 Å². The Hall–Kier alpha value is -3.21. The number of unbranched alkanes of at least 4 members (excludes halogenated alkanes) is 11. The van der Waals surface area contributed by atoms with E-state index < -0.39 is 0 Å². The first kappa shape index (κ1) is 31.3. The molecule has 0 saturated carbocycles. The zero-order valence-electron chi connectivity index (χ0n) is 24.7. The lowest BCUT2D eigenvalue weighted by molar-refractivity contribution is 0.0497. The Morgan fingerprint density at radius 2 is 1.23 bits per heavy atom. The number of esters is 1. The smallest absolute Gasteiger partial charge is 0.338 e. The number of nitrogens with zero attached hydrogens (tertiary/aromatic N) is 2. The van der Waals surface area contributed by atoms with Crippen molar-refractivity contribution in [3.8, 4) is 17.1 Å². The molecule has 5 heteroatoms. The number of benzene rings is 2. The zero-order chi connectivity index (χ0) is 28.3. The van der Waals surface area contributed by atoms with Crippen LogP contribution in [-0.4, -0.2) is 22.5 Å². The molecular weight excluding hydrogens is 496 g/mol. The van der Waals surface area contributed by atoms with Crippen LogP contribution in [-0.2, 0) is 17.8 Å².